The van der Waals surface area contributed by atoms with Crippen LogP contribution in [0.5, 0.6) is 0 Å². The first-order valence-corrected chi connectivity index (χ1v) is 4.79. The van der Waals surface area contributed by atoms with Crippen molar-refractivity contribution in [3.8, 4) is 6.07 Å². The zero-order valence-corrected chi connectivity index (χ0v) is 9.28. The van der Waals surface area contributed by atoms with Gasteiger partial charge in [0.05, 0.1) is 12.5 Å². The summed E-state index contributed by atoms with van der Waals surface area (Å²) in [5.41, 5.74) is 0.910. The predicted molar refractivity (Wildman–Crippen MR) is 59.8 cm³/mol. The average Bonchev–Trinajstić information content (AvgIpc) is 2.24. The molecule has 0 radical (unpaired) electrons. The fourth-order valence-corrected chi connectivity index (χ4v) is 1.19. The van der Waals surface area contributed by atoms with Crippen LogP contribution in [0.15, 0.2) is 6.07 Å². The molecule has 0 aliphatic carbocycles. The lowest BCUT2D eigenvalue weighted by Gasteiger charge is -2.17. The van der Waals surface area contributed by atoms with Crippen molar-refractivity contribution in [2.45, 2.75) is 13.3 Å². The van der Waals surface area contributed by atoms with Crippen LogP contribution in [0.2, 0.25) is 0 Å². The van der Waals surface area contributed by atoms with Crippen LogP contribution in [0.1, 0.15) is 12.1 Å². The van der Waals surface area contributed by atoms with Crippen LogP contribution < -0.4 is 10.2 Å². The molecule has 0 bridgehead atoms. The lowest BCUT2D eigenvalue weighted by molar-refractivity contribution is 0.877. The number of hydrogen-bond acceptors (Lipinski definition) is 5. The van der Waals surface area contributed by atoms with E-state index in [0.717, 1.165) is 11.5 Å². The van der Waals surface area contributed by atoms with Crippen molar-refractivity contribution in [2.24, 2.45) is 0 Å². The summed E-state index contributed by atoms with van der Waals surface area (Å²) in [5, 5.41) is 11.4. The van der Waals surface area contributed by atoms with Gasteiger partial charge in [-0.05, 0) is 6.92 Å². The molecule has 1 rings (SSSR count). The lowest BCUT2D eigenvalue weighted by Crippen LogP contribution is -2.20. The fourth-order valence-electron chi connectivity index (χ4n) is 1.19. The van der Waals surface area contributed by atoms with Gasteiger partial charge >= 0.3 is 0 Å². The molecular formula is C10H15N5. The maximum absolute atomic E-state index is 8.50. The van der Waals surface area contributed by atoms with Crippen molar-refractivity contribution >= 4 is 11.8 Å². The molecule has 0 aliphatic heterocycles. The van der Waals surface area contributed by atoms with E-state index in [4.69, 9.17) is 5.26 Å². The molecule has 5 heteroatoms. The number of aryl methyl sites for hydroxylation is 1. The predicted octanol–water partition coefficient (Wildman–Crippen LogP) is 1.18. The maximum atomic E-state index is 8.50. The van der Waals surface area contributed by atoms with Gasteiger partial charge < -0.3 is 10.2 Å². The molecule has 0 atom stereocenters. The second-order valence-corrected chi connectivity index (χ2v) is 3.27. The molecule has 15 heavy (non-hydrogen) atoms. The van der Waals surface area contributed by atoms with Crippen LogP contribution in [-0.4, -0.2) is 30.6 Å². The van der Waals surface area contributed by atoms with Gasteiger partial charge in [0.2, 0.25) is 5.95 Å². The van der Waals surface area contributed by atoms with E-state index >= 15 is 0 Å². The molecule has 0 aliphatic rings. The van der Waals surface area contributed by atoms with E-state index in [2.05, 4.69) is 21.4 Å². The standard InChI is InChI=1S/C10H15N5/c1-8-7-9(14-10(12-2)13-8)15(3)6-4-5-11/h7H,4,6H2,1-3H3,(H,12,13,14). The van der Waals surface area contributed by atoms with Crippen LogP contribution in [0, 0.1) is 18.3 Å². The minimum atomic E-state index is 0.494. The Bertz CT molecular complexity index is 369. The van der Waals surface area contributed by atoms with Gasteiger partial charge in [0.1, 0.15) is 5.82 Å². The summed E-state index contributed by atoms with van der Waals surface area (Å²) in [5.74, 6) is 1.44. The summed E-state index contributed by atoms with van der Waals surface area (Å²) in [6.45, 7) is 2.60. The molecule has 1 N–H and O–H groups in total. The van der Waals surface area contributed by atoms with Gasteiger partial charge in [-0.3, -0.25) is 0 Å². The highest BCUT2D eigenvalue weighted by molar-refractivity contribution is 5.43. The highest BCUT2D eigenvalue weighted by Crippen LogP contribution is 2.13. The molecule has 5 nitrogen and oxygen atoms in total. The number of nitrogens with zero attached hydrogens (tertiary/aromatic N) is 4. The first-order valence-electron chi connectivity index (χ1n) is 4.79. The quantitative estimate of drug-likeness (QED) is 0.799. The number of nitrogens with one attached hydrogen (secondary N) is 1. The molecule has 0 amide bonds. The monoisotopic (exact) mass is 205 g/mol. The Hall–Kier alpha value is -1.83. The smallest absolute Gasteiger partial charge is 0.224 e. The molecule has 0 unspecified atom stereocenters. The van der Waals surface area contributed by atoms with Crippen LogP contribution in [0.4, 0.5) is 11.8 Å². The molecule has 1 aromatic heterocycles. The Labute approximate surface area is 89.8 Å². The van der Waals surface area contributed by atoms with Crippen molar-refractivity contribution in [1.82, 2.24) is 9.97 Å². The Balaban J connectivity index is 2.84. The van der Waals surface area contributed by atoms with Crippen LogP contribution in [0.25, 0.3) is 0 Å². The molecule has 0 saturated carbocycles. The fraction of sp³-hybridized carbons (Fsp3) is 0.500. The third-order valence-corrected chi connectivity index (χ3v) is 2.01. The van der Waals surface area contributed by atoms with E-state index in [-0.39, 0.29) is 0 Å². The number of nitriles is 1. The largest absolute Gasteiger partial charge is 0.358 e. The number of anilines is 2. The molecule has 80 valence electrons. The minimum absolute atomic E-state index is 0.494. The maximum Gasteiger partial charge on any atom is 0.224 e. The molecule has 1 heterocycles. The molecule has 0 spiro atoms. The first kappa shape index (κ1) is 11.2. The van der Waals surface area contributed by atoms with E-state index in [1.807, 2.05) is 24.9 Å². The van der Waals surface area contributed by atoms with E-state index < -0.39 is 0 Å². The summed E-state index contributed by atoms with van der Waals surface area (Å²) in [6.07, 6.45) is 0.494. The zero-order valence-electron chi connectivity index (χ0n) is 9.28. The molecule has 1 aromatic rings. The lowest BCUT2D eigenvalue weighted by atomic mass is 10.3. The van der Waals surface area contributed by atoms with E-state index in [9.17, 15) is 0 Å². The van der Waals surface area contributed by atoms with Gasteiger partial charge in [-0.15, -0.1) is 0 Å². The molecule has 0 fully saturated rings. The summed E-state index contributed by atoms with van der Waals surface area (Å²) in [6, 6.07) is 4.01. The second-order valence-electron chi connectivity index (χ2n) is 3.27. The summed E-state index contributed by atoms with van der Waals surface area (Å²) >= 11 is 0. The van der Waals surface area contributed by atoms with E-state index in [1.165, 1.54) is 0 Å². The second kappa shape index (κ2) is 5.15. The van der Waals surface area contributed by atoms with Crippen molar-refractivity contribution in [3.63, 3.8) is 0 Å². The zero-order chi connectivity index (χ0) is 11.3. The van der Waals surface area contributed by atoms with Gasteiger partial charge in [0.15, 0.2) is 0 Å². The summed E-state index contributed by atoms with van der Waals surface area (Å²) in [7, 11) is 3.70. The van der Waals surface area contributed by atoms with E-state index in [1.54, 1.807) is 7.05 Å². The Kier molecular flexibility index (Phi) is 3.86. The van der Waals surface area contributed by atoms with Crippen LogP contribution in [-0.2, 0) is 0 Å². The van der Waals surface area contributed by atoms with E-state index in [0.29, 0.717) is 18.9 Å². The summed E-state index contributed by atoms with van der Waals surface area (Å²) < 4.78 is 0. The highest BCUT2D eigenvalue weighted by atomic mass is 15.2. The molecular weight excluding hydrogens is 190 g/mol. The van der Waals surface area contributed by atoms with Crippen molar-refractivity contribution in [3.05, 3.63) is 11.8 Å². The average molecular weight is 205 g/mol. The van der Waals surface area contributed by atoms with Gasteiger partial charge in [0.25, 0.3) is 0 Å². The van der Waals surface area contributed by atoms with Gasteiger partial charge in [-0.25, -0.2) is 4.98 Å². The summed E-state index contributed by atoms with van der Waals surface area (Å²) in [4.78, 5) is 10.4. The Morgan fingerprint density at radius 2 is 2.27 bits per heavy atom. The number of rotatable bonds is 4. The molecule has 0 saturated heterocycles. The SMILES string of the molecule is CNc1nc(C)cc(N(C)CCC#N)n1. The van der Waals surface area contributed by atoms with Crippen molar-refractivity contribution < 1.29 is 0 Å². The van der Waals surface area contributed by atoms with Crippen molar-refractivity contribution in [2.75, 3.05) is 30.9 Å². The number of aromatic nitrogens is 2. The van der Waals surface area contributed by atoms with Gasteiger partial charge in [-0.2, -0.15) is 10.2 Å². The third kappa shape index (κ3) is 3.09. The van der Waals surface area contributed by atoms with Gasteiger partial charge in [0, 0.05) is 32.4 Å². The normalized spacial score (nSPS) is 9.47. The Morgan fingerprint density at radius 3 is 2.87 bits per heavy atom. The van der Waals surface area contributed by atoms with Crippen molar-refractivity contribution in [1.29, 1.82) is 5.26 Å². The van der Waals surface area contributed by atoms with Crippen LogP contribution in [0.3, 0.4) is 0 Å². The third-order valence-electron chi connectivity index (χ3n) is 2.01. The minimum Gasteiger partial charge on any atom is -0.358 e. The highest BCUT2D eigenvalue weighted by Gasteiger charge is 2.05. The first-order chi connectivity index (χ1) is 7.17. The van der Waals surface area contributed by atoms with Gasteiger partial charge in [-0.1, -0.05) is 0 Å². The Morgan fingerprint density at radius 1 is 1.53 bits per heavy atom. The molecule has 0 aromatic carbocycles. The van der Waals surface area contributed by atoms with Crippen LogP contribution >= 0.6 is 0 Å². The number of hydrogen-bond donors (Lipinski definition) is 1. The topological polar surface area (TPSA) is 64.8 Å².